The van der Waals surface area contributed by atoms with E-state index in [1.807, 2.05) is 6.08 Å². The molecule has 1 aliphatic rings. The van der Waals surface area contributed by atoms with Crippen molar-refractivity contribution < 1.29 is 62.6 Å². The van der Waals surface area contributed by atoms with Gasteiger partial charge in [0.25, 0.3) is 0 Å². The number of hydrogen-bond donors (Lipinski definition) is 0. The lowest BCUT2D eigenvalue weighted by molar-refractivity contribution is -0.309. The molecule has 300 valence electrons. The second-order valence-electron chi connectivity index (χ2n) is 12.7. The van der Waals surface area contributed by atoms with Gasteiger partial charge in [-0.1, -0.05) is 101 Å². The molecule has 1 aliphatic heterocycles. The molecule has 15 heteroatoms. The van der Waals surface area contributed by atoms with Gasteiger partial charge in [0.05, 0.1) is 12.2 Å². The molecule has 0 aliphatic carbocycles. The van der Waals surface area contributed by atoms with Crippen molar-refractivity contribution in [3.63, 3.8) is 0 Å². The summed E-state index contributed by atoms with van der Waals surface area (Å²) in [5.74, 6) is -5.16. The molecule has 1 unspecified atom stereocenters. The fraction of sp³-hybridized carbons (Fsp3) is 0.667. The molecule has 0 spiro atoms. The number of unbranched alkanes of at least 4 members (excludes halogenated alkanes) is 11. The van der Waals surface area contributed by atoms with Gasteiger partial charge in [0.15, 0.2) is 24.6 Å². The Morgan fingerprint density at radius 3 is 1.98 bits per heavy atom. The van der Waals surface area contributed by atoms with Gasteiger partial charge in [-0.3, -0.25) is 19.2 Å². The van der Waals surface area contributed by atoms with E-state index in [2.05, 4.69) is 16.9 Å². The van der Waals surface area contributed by atoms with E-state index < -0.39 is 114 Å². The van der Waals surface area contributed by atoms with Gasteiger partial charge in [-0.2, -0.15) is 0 Å². The molecule has 0 N–H and O–H groups in total. The Bertz CT molecular complexity index is 1470. The van der Waals surface area contributed by atoms with Crippen LogP contribution in [-0.4, -0.2) is 85.9 Å². The summed E-state index contributed by atoms with van der Waals surface area (Å²) in [5, 5.41) is 3.82. The van der Waals surface area contributed by atoms with Crippen LogP contribution in [0.3, 0.4) is 0 Å². The van der Waals surface area contributed by atoms with Crippen LogP contribution in [0.1, 0.15) is 127 Å². The van der Waals surface area contributed by atoms with Gasteiger partial charge < -0.3 is 33.2 Å². The lowest BCUT2D eigenvalue weighted by Gasteiger charge is -2.44. The summed E-state index contributed by atoms with van der Waals surface area (Å²) >= 11 is 0. The van der Waals surface area contributed by atoms with Crippen molar-refractivity contribution >= 4 is 29.8 Å². The standard InChI is InChI=1S/C39H57N3O12/c1-6-7-8-9-10-11-12-13-14-15-16-17-21-24-33(53-38(47)31-22-19-18-20-23-31)32(41-42-40)25-49-39-37(52-30(5)46)36(51-29(4)45)35(50-28(3)44)34(54-39)26-48-27(2)43/h18-24,32-37,39H,6-17,25-26H2,1-5H3/b24-21+/t32-,33+,34+,35+,36-,37-,39?/m0/s1/i2D,3D,4D,5D. The van der Waals surface area contributed by atoms with Crippen LogP contribution in [0.2, 0.25) is 0 Å². The number of nitrogens with zero attached hydrogens (tertiary/aromatic N) is 3. The van der Waals surface area contributed by atoms with E-state index in [1.165, 1.54) is 44.9 Å². The SMILES string of the molecule is [2H]CC(=O)OC[C@H]1OC(OC[C@H](N=[N+]=[N-])[C@@H](/C=C/CCCCCCCCCCCCC)OC(=O)c2ccccc2)[C@@H](OC(=O)C[2H])[C@@H](OC(=O)C[2H])[C@@H]1OC(=O)C[2H]. The van der Waals surface area contributed by atoms with Crippen molar-refractivity contribution in [2.75, 3.05) is 13.2 Å². The van der Waals surface area contributed by atoms with Crippen molar-refractivity contribution in [1.82, 2.24) is 0 Å². The number of azide groups is 1. The summed E-state index contributed by atoms with van der Waals surface area (Å²) in [6, 6.07) is 6.85. The third-order valence-corrected chi connectivity index (χ3v) is 8.37. The second kappa shape index (κ2) is 26.3. The first kappa shape index (κ1) is 39.2. The molecule has 0 radical (unpaired) electrons. The van der Waals surface area contributed by atoms with Crippen LogP contribution >= 0.6 is 0 Å². The molecular formula is C39H57N3O12. The van der Waals surface area contributed by atoms with Gasteiger partial charge >= 0.3 is 29.8 Å². The smallest absolute Gasteiger partial charge is 0.338 e. The van der Waals surface area contributed by atoms with Crippen molar-refractivity contribution in [2.45, 2.75) is 154 Å². The third-order valence-electron chi connectivity index (χ3n) is 8.37. The van der Waals surface area contributed by atoms with Crippen LogP contribution in [-0.2, 0) is 52.3 Å². The summed E-state index contributed by atoms with van der Waals surface area (Å²) in [6.45, 7) is -2.57. The quantitative estimate of drug-likeness (QED) is 0.0184. The van der Waals surface area contributed by atoms with E-state index in [9.17, 15) is 29.5 Å². The number of rotatable bonds is 25. The van der Waals surface area contributed by atoms with E-state index in [0.717, 1.165) is 25.7 Å². The summed E-state index contributed by atoms with van der Waals surface area (Å²) in [5.41, 5.74) is 9.80. The van der Waals surface area contributed by atoms with Crippen LogP contribution in [0.4, 0.5) is 0 Å². The monoisotopic (exact) mass is 763 g/mol. The van der Waals surface area contributed by atoms with E-state index in [-0.39, 0.29) is 5.56 Å². The van der Waals surface area contributed by atoms with Crippen molar-refractivity contribution in [1.29, 1.82) is 0 Å². The molecule has 2 rings (SSSR count). The topological polar surface area (TPSA) is 199 Å². The fourth-order valence-corrected chi connectivity index (χ4v) is 5.80. The summed E-state index contributed by atoms with van der Waals surface area (Å²) in [4.78, 5) is 65.4. The van der Waals surface area contributed by atoms with Gasteiger partial charge in [0, 0.05) is 38.0 Å². The third kappa shape index (κ3) is 18.0. The number of benzene rings is 1. The van der Waals surface area contributed by atoms with Gasteiger partial charge in [-0.25, -0.2) is 4.79 Å². The highest BCUT2D eigenvalue weighted by Crippen LogP contribution is 2.30. The molecule has 15 nitrogen and oxygen atoms in total. The Kier molecular flexibility index (Phi) is 19.1. The Hall–Kier alpha value is -4.46. The summed E-state index contributed by atoms with van der Waals surface area (Å²) in [6.07, 6.45) is 7.19. The Morgan fingerprint density at radius 2 is 1.39 bits per heavy atom. The number of hydrogen-bond acceptors (Lipinski definition) is 13. The average Bonchev–Trinajstić information content (AvgIpc) is 3.24. The van der Waals surface area contributed by atoms with E-state index in [1.54, 1.807) is 36.4 Å². The van der Waals surface area contributed by atoms with Crippen LogP contribution in [0, 0.1) is 0 Å². The first-order chi connectivity index (χ1) is 28.1. The minimum Gasteiger partial charge on any atom is -0.463 e. The van der Waals surface area contributed by atoms with Crippen molar-refractivity contribution in [2.24, 2.45) is 5.11 Å². The molecule has 0 bridgehead atoms. The van der Waals surface area contributed by atoms with Crippen molar-refractivity contribution in [3.8, 4) is 0 Å². The number of carbonyl (C=O) groups is 5. The fourth-order valence-electron chi connectivity index (χ4n) is 5.80. The highest BCUT2D eigenvalue weighted by molar-refractivity contribution is 5.89. The summed E-state index contributed by atoms with van der Waals surface area (Å²) < 4.78 is 68.6. The molecule has 1 saturated heterocycles. The number of esters is 5. The molecule has 1 aromatic rings. The van der Waals surface area contributed by atoms with E-state index in [0.29, 0.717) is 6.42 Å². The predicted octanol–water partition coefficient (Wildman–Crippen LogP) is 7.25. The lowest BCUT2D eigenvalue weighted by atomic mass is 9.98. The Balaban J connectivity index is 2.34. The molecular weight excluding hydrogens is 702 g/mol. The molecule has 1 aromatic carbocycles. The highest BCUT2D eigenvalue weighted by atomic mass is 16.7. The molecule has 1 heterocycles. The van der Waals surface area contributed by atoms with Gasteiger partial charge in [-0.15, -0.1) is 0 Å². The molecule has 7 atom stereocenters. The van der Waals surface area contributed by atoms with Gasteiger partial charge in [0.1, 0.15) is 24.9 Å². The maximum atomic E-state index is 13.2. The molecule has 0 amide bonds. The van der Waals surface area contributed by atoms with Gasteiger partial charge in [0.2, 0.25) is 0 Å². The first-order valence-corrected chi connectivity index (χ1v) is 18.3. The zero-order valence-electron chi connectivity index (χ0n) is 35.1. The zero-order chi connectivity index (χ0) is 42.5. The van der Waals surface area contributed by atoms with E-state index >= 15 is 0 Å². The summed E-state index contributed by atoms with van der Waals surface area (Å²) in [7, 11) is 0. The van der Waals surface area contributed by atoms with E-state index in [4.69, 9.17) is 38.6 Å². The second-order valence-corrected chi connectivity index (χ2v) is 12.7. The van der Waals surface area contributed by atoms with Crippen LogP contribution in [0.15, 0.2) is 47.6 Å². The van der Waals surface area contributed by atoms with Crippen molar-refractivity contribution in [3.05, 3.63) is 58.5 Å². The lowest BCUT2D eigenvalue weighted by Crippen LogP contribution is -2.63. The maximum absolute atomic E-state index is 13.2. The minimum absolute atomic E-state index is 0.224. The van der Waals surface area contributed by atoms with Crippen LogP contribution in [0.25, 0.3) is 10.4 Å². The molecule has 0 aromatic heterocycles. The Labute approximate surface area is 323 Å². The molecule has 1 fully saturated rings. The van der Waals surface area contributed by atoms with Crippen LogP contribution in [0.5, 0.6) is 0 Å². The molecule has 54 heavy (non-hydrogen) atoms. The molecule has 0 saturated carbocycles. The predicted molar refractivity (Wildman–Crippen MR) is 197 cm³/mol. The average molecular weight is 764 g/mol. The maximum Gasteiger partial charge on any atom is 0.338 e. The zero-order valence-corrected chi connectivity index (χ0v) is 31.1. The highest BCUT2D eigenvalue weighted by Gasteiger charge is 2.53. The first-order valence-electron chi connectivity index (χ1n) is 21.1. The Morgan fingerprint density at radius 1 is 0.815 bits per heavy atom. The van der Waals surface area contributed by atoms with Gasteiger partial charge in [-0.05, 0) is 36.6 Å². The number of ether oxygens (including phenoxy) is 7. The number of carbonyl (C=O) groups excluding carboxylic acids is 5. The number of allylic oxidation sites excluding steroid dienone is 1. The minimum atomic E-state index is -1.78. The normalized spacial score (nSPS) is 21.5. The van der Waals surface area contributed by atoms with Crippen LogP contribution < -0.4 is 0 Å². The largest absolute Gasteiger partial charge is 0.463 e.